The van der Waals surface area contributed by atoms with Crippen molar-refractivity contribution >= 4 is 69.6 Å². The summed E-state index contributed by atoms with van der Waals surface area (Å²) in [5, 5.41) is 6.01. The van der Waals surface area contributed by atoms with Gasteiger partial charge in [-0.15, -0.1) is 23.2 Å². The second-order valence-electron chi connectivity index (χ2n) is 8.51. The van der Waals surface area contributed by atoms with Crippen LogP contribution in [-0.4, -0.2) is 33.9 Å². The van der Waals surface area contributed by atoms with E-state index in [-0.39, 0.29) is 22.7 Å². The molecule has 2 aliphatic rings. The van der Waals surface area contributed by atoms with Gasteiger partial charge in [0.15, 0.2) is 5.82 Å². The molecule has 4 rings (SSSR count). The fraction of sp³-hybridized carbons (Fsp3) is 0.318. The summed E-state index contributed by atoms with van der Waals surface area (Å²) in [6.07, 6.45) is -1.28. The van der Waals surface area contributed by atoms with Crippen LogP contribution in [0.3, 0.4) is 0 Å². The van der Waals surface area contributed by atoms with Crippen molar-refractivity contribution in [2.45, 2.75) is 29.0 Å². The lowest BCUT2D eigenvalue weighted by Gasteiger charge is -2.42. The molecule has 0 aromatic heterocycles. The topological polar surface area (TPSA) is 87.3 Å². The van der Waals surface area contributed by atoms with Crippen LogP contribution in [0.2, 0.25) is 5.02 Å². The maximum atomic E-state index is 14.9. The Morgan fingerprint density at radius 3 is 2.05 bits per heavy atom. The van der Waals surface area contributed by atoms with Gasteiger partial charge in [-0.1, -0.05) is 11.6 Å². The number of carbonyl (C=O) groups is 3. The number of hydrogen-bond donors (Lipinski definition) is 3. The number of hydrogen-bond acceptors (Lipinski definition) is 3. The SMILES string of the molecule is O=C(Nc1ccc(F)c(NC(=O)C2CC(F)(F)C2(F)F)c1F)c1cc(NC(=O)C2CC2(Cl)Cl)ccc1Cl. The van der Waals surface area contributed by atoms with Crippen LogP contribution in [0.1, 0.15) is 23.2 Å². The summed E-state index contributed by atoms with van der Waals surface area (Å²) in [5.74, 6) is -18.5. The highest BCUT2D eigenvalue weighted by Crippen LogP contribution is 2.56. The predicted octanol–water partition coefficient (Wildman–Crippen LogP) is 6.23. The number of nitrogens with one attached hydrogen (secondary N) is 3. The van der Waals surface area contributed by atoms with Crippen molar-refractivity contribution < 1.29 is 40.7 Å². The summed E-state index contributed by atoms with van der Waals surface area (Å²) in [7, 11) is 0. The smallest absolute Gasteiger partial charge is 0.321 e. The minimum absolute atomic E-state index is 0.116. The molecule has 6 nitrogen and oxygen atoms in total. The Labute approximate surface area is 219 Å². The van der Waals surface area contributed by atoms with Gasteiger partial charge in [0.1, 0.15) is 21.8 Å². The lowest BCUT2D eigenvalue weighted by atomic mass is 9.76. The average Bonchev–Trinajstić information content (AvgIpc) is 3.46. The third-order valence-electron chi connectivity index (χ3n) is 5.91. The highest BCUT2D eigenvalue weighted by atomic mass is 35.5. The van der Waals surface area contributed by atoms with Gasteiger partial charge in [0.25, 0.3) is 5.91 Å². The predicted molar refractivity (Wildman–Crippen MR) is 124 cm³/mol. The van der Waals surface area contributed by atoms with Crippen LogP contribution in [0.4, 0.5) is 43.4 Å². The van der Waals surface area contributed by atoms with Gasteiger partial charge in [-0.2, -0.15) is 17.6 Å². The summed E-state index contributed by atoms with van der Waals surface area (Å²) in [6.45, 7) is 0. The molecule has 2 saturated carbocycles. The standard InChI is InChI=1S/C22H14Cl3F6N3O3/c23-12-2-1-8(32-18(36)10-6-20(10,24)25)5-9(12)17(35)33-14-4-3-13(26)16(15(14)27)34-19(37)11-7-21(28,29)22(11,30)31/h1-5,10-11H,6-7H2,(H,32,36)(H,33,35)(H,34,37). The average molecular weight is 589 g/mol. The van der Waals surface area contributed by atoms with Crippen LogP contribution >= 0.6 is 34.8 Å². The van der Waals surface area contributed by atoms with Crippen molar-refractivity contribution in [3.63, 3.8) is 0 Å². The fourth-order valence-corrected chi connectivity index (χ4v) is 4.28. The fourth-order valence-electron chi connectivity index (χ4n) is 3.57. The third-order valence-corrected chi connectivity index (χ3v) is 7.08. The minimum atomic E-state index is -4.69. The zero-order valence-corrected chi connectivity index (χ0v) is 20.3. The van der Waals surface area contributed by atoms with Crippen molar-refractivity contribution in [2.24, 2.45) is 11.8 Å². The summed E-state index contributed by atoms with van der Waals surface area (Å²) in [6, 6.07) is 5.17. The number of carbonyl (C=O) groups excluding carboxylic acids is 3. The van der Waals surface area contributed by atoms with Gasteiger partial charge in [0, 0.05) is 12.1 Å². The summed E-state index contributed by atoms with van der Waals surface area (Å²) in [5.41, 5.74) is -2.04. The molecule has 2 aromatic carbocycles. The van der Waals surface area contributed by atoms with E-state index in [9.17, 15) is 40.7 Å². The summed E-state index contributed by atoms with van der Waals surface area (Å²) in [4.78, 5) is 36.9. The first-order valence-electron chi connectivity index (χ1n) is 10.4. The number of alkyl halides is 6. The molecule has 2 fully saturated rings. The van der Waals surface area contributed by atoms with Crippen molar-refractivity contribution in [3.8, 4) is 0 Å². The molecule has 15 heteroatoms. The van der Waals surface area contributed by atoms with Gasteiger partial charge < -0.3 is 16.0 Å². The van der Waals surface area contributed by atoms with Crippen LogP contribution in [0.15, 0.2) is 30.3 Å². The lowest BCUT2D eigenvalue weighted by molar-refractivity contribution is -0.303. The lowest BCUT2D eigenvalue weighted by Crippen LogP contribution is -2.62. The molecule has 2 aromatic rings. The maximum Gasteiger partial charge on any atom is 0.321 e. The second-order valence-corrected chi connectivity index (χ2v) is 10.5. The molecule has 37 heavy (non-hydrogen) atoms. The monoisotopic (exact) mass is 587 g/mol. The Hall–Kier alpha value is -2.70. The van der Waals surface area contributed by atoms with E-state index in [1.165, 1.54) is 12.1 Å². The van der Waals surface area contributed by atoms with Gasteiger partial charge in [0.2, 0.25) is 11.8 Å². The molecule has 0 saturated heterocycles. The number of amides is 3. The summed E-state index contributed by atoms with van der Waals surface area (Å²) < 4.78 is 80.9. The van der Waals surface area contributed by atoms with Crippen LogP contribution in [0.5, 0.6) is 0 Å². The van der Waals surface area contributed by atoms with E-state index in [2.05, 4.69) is 10.6 Å². The van der Waals surface area contributed by atoms with Crippen LogP contribution in [0, 0.1) is 23.5 Å². The van der Waals surface area contributed by atoms with Crippen molar-refractivity contribution in [1.29, 1.82) is 0 Å². The Balaban J connectivity index is 1.50. The van der Waals surface area contributed by atoms with Crippen LogP contribution < -0.4 is 16.0 Å². The number of anilines is 3. The molecule has 0 radical (unpaired) electrons. The minimum Gasteiger partial charge on any atom is -0.326 e. The number of halogens is 9. The molecular formula is C22H14Cl3F6N3O3. The van der Waals surface area contributed by atoms with Gasteiger partial charge in [0.05, 0.1) is 22.2 Å². The Morgan fingerprint density at radius 2 is 1.49 bits per heavy atom. The third kappa shape index (κ3) is 5.06. The second kappa shape index (κ2) is 9.25. The van der Waals surface area contributed by atoms with E-state index < -0.39 is 75.2 Å². The van der Waals surface area contributed by atoms with Gasteiger partial charge >= 0.3 is 11.8 Å². The molecule has 0 bridgehead atoms. The molecular weight excluding hydrogens is 575 g/mol. The number of benzene rings is 2. The molecule has 198 valence electrons. The Morgan fingerprint density at radius 1 is 0.865 bits per heavy atom. The molecule has 2 atom stereocenters. The van der Waals surface area contributed by atoms with Crippen LogP contribution in [0.25, 0.3) is 0 Å². The highest BCUT2D eigenvalue weighted by Gasteiger charge is 2.74. The molecule has 0 heterocycles. The maximum absolute atomic E-state index is 14.9. The zero-order chi connectivity index (χ0) is 27.5. The highest BCUT2D eigenvalue weighted by molar-refractivity contribution is 6.52. The Bertz CT molecular complexity index is 1320. The first kappa shape index (κ1) is 27.3. The van der Waals surface area contributed by atoms with Gasteiger partial charge in [-0.05, 0) is 36.8 Å². The number of rotatable bonds is 6. The van der Waals surface area contributed by atoms with Crippen molar-refractivity contribution in [2.75, 3.05) is 16.0 Å². The summed E-state index contributed by atoms with van der Waals surface area (Å²) >= 11 is 17.7. The van der Waals surface area contributed by atoms with E-state index in [0.29, 0.717) is 6.07 Å². The van der Waals surface area contributed by atoms with Gasteiger partial charge in [-0.3, -0.25) is 14.4 Å². The van der Waals surface area contributed by atoms with E-state index in [1.54, 1.807) is 5.32 Å². The Kier molecular flexibility index (Phi) is 6.83. The van der Waals surface area contributed by atoms with E-state index in [0.717, 1.165) is 12.1 Å². The first-order valence-corrected chi connectivity index (χ1v) is 11.5. The van der Waals surface area contributed by atoms with E-state index in [4.69, 9.17) is 34.8 Å². The molecule has 0 aliphatic heterocycles. The first-order chi connectivity index (χ1) is 17.0. The molecule has 3 amide bonds. The normalized spacial score (nSPS) is 22.4. The zero-order valence-electron chi connectivity index (χ0n) is 18.1. The molecule has 2 aliphatic carbocycles. The van der Waals surface area contributed by atoms with Crippen molar-refractivity contribution in [1.82, 2.24) is 0 Å². The largest absolute Gasteiger partial charge is 0.326 e. The van der Waals surface area contributed by atoms with Gasteiger partial charge in [-0.25, -0.2) is 8.78 Å². The molecule has 3 N–H and O–H groups in total. The molecule has 0 spiro atoms. The van der Waals surface area contributed by atoms with E-state index >= 15 is 0 Å². The van der Waals surface area contributed by atoms with Crippen molar-refractivity contribution in [3.05, 3.63) is 52.6 Å². The van der Waals surface area contributed by atoms with Crippen LogP contribution in [-0.2, 0) is 9.59 Å². The van der Waals surface area contributed by atoms with E-state index in [1.807, 2.05) is 0 Å². The molecule has 2 unspecified atom stereocenters. The quantitative estimate of drug-likeness (QED) is 0.276.